The Morgan fingerprint density at radius 1 is 1.33 bits per heavy atom. The summed E-state index contributed by atoms with van der Waals surface area (Å²) in [5.41, 5.74) is 0.0189. The number of likely N-dealkylation sites (tertiary alicyclic amines) is 1. The highest BCUT2D eigenvalue weighted by atomic mass is 19.4. The summed E-state index contributed by atoms with van der Waals surface area (Å²) in [5, 5.41) is 11.5. The molecule has 2 atom stereocenters. The maximum absolute atomic E-state index is 12.8. The van der Waals surface area contributed by atoms with E-state index in [1.165, 1.54) is 0 Å². The minimum absolute atomic E-state index is 0.0189. The molecule has 0 spiro atoms. The van der Waals surface area contributed by atoms with Gasteiger partial charge in [-0.05, 0) is 18.3 Å². The standard InChI is InChI=1S/C13H19F3N2O3/c1-12(3-2-4-12)7-17-11(21)18-5-8(10(19)20)9(6-18)13(14,15)16/h8-9H,2-7H2,1H3,(H,17,21)(H,19,20)/t8-,9-/m1/s1. The van der Waals surface area contributed by atoms with Gasteiger partial charge < -0.3 is 15.3 Å². The van der Waals surface area contributed by atoms with Crippen LogP contribution < -0.4 is 5.32 Å². The highest BCUT2D eigenvalue weighted by molar-refractivity contribution is 5.77. The lowest BCUT2D eigenvalue weighted by atomic mass is 9.70. The van der Waals surface area contributed by atoms with Crippen LogP contribution in [0.25, 0.3) is 0 Å². The van der Waals surface area contributed by atoms with Gasteiger partial charge in [-0.2, -0.15) is 13.2 Å². The van der Waals surface area contributed by atoms with Gasteiger partial charge in [-0.1, -0.05) is 13.3 Å². The number of carboxylic acid groups (broad SMARTS) is 1. The van der Waals surface area contributed by atoms with Crippen LogP contribution in [0.3, 0.4) is 0 Å². The first-order valence-electron chi connectivity index (χ1n) is 6.95. The van der Waals surface area contributed by atoms with E-state index >= 15 is 0 Å². The van der Waals surface area contributed by atoms with Crippen LogP contribution in [0.2, 0.25) is 0 Å². The van der Waals surface area contributed by atoms with Crippen molar-refractivity contribution in [2.75, 3.05) is 19.6 Å². The molecule has 1 aliphatic heterocycles. The van der Waals surface area contributed by atoms with Crippen molar-refractivity contribution in [2.45, 2.75) is 32.4 Å². The first-order chi connectivity index (χ1) is 9.62. The van der Waals surface area contributed by atoms with Gasteiger partial charge in [0, 0.05) is 19.6 Å². The van der Waals surface area contributed by atoms with Gasteiger partial charge in [0.25, 0.3) is 0 Å². The first-order valence-corrected chi connectivity index (χ1v) is 6.95. The molecule has 0 aromatic carbocycles. The van der Waals surface area contributed by atoms with E-state index in [-0.39, 0.29) is 5.41 Å². The average Bonchev–Trinajstić information content (AvgIpc) is 2.78. The number of amides is 2. The number of hydrogen-bond acceptors (Lipinski definition) is 2. The van der Waals surface area contributed by atoms with Crippen LogP contribution >= 0.6 is 0 Å². The molecule has 1 saturated carbocycles. The summed E-state index contributed by atoms with van der Waals surface area (Å²) in [6.07, 6.45) is -1.56. The van der Waals surface area contributed by atoms with E-state index < -0.39 is 43.1 Å². The van der Waals surface area contributed by atoms with Crippen molar-refractivity contribution in [1.82, 2.24) is 10.2 Å². The minimum atomic E-state index is -4.61. The topological polar surface area (TPSA) is 69.6 Å². The van der Waals surface area contributed by atoms with Gasteiger partial charge in [0.1, 0.15) is 0 Å². The SMILES string of the molecule is CC1(CNC(=O)N2C[C@@H](C(F)(F)F)[C@H](C(=O)O)C2)CCC1. The van der Waals surface area contributed by atoms with Crippen LogP contribution in [0.1, 0.15) is 26.2 Å². The summed E-state index contributed by atoms with van der Waals surface area (Å²) in [7, 11) is 0. The number of hydrogen-bond donors (Lipinski definition) is 2. The van der Waals surface area contributed by atoms with Gasteiger partial charge in [0.15, 0.2) is 0 Å². The van der Waals surface area contributed by atoms with Crippen molar-refractivity contribution in [3.63, 3.8) is 0 Å². The lowest BCUT2D eigenvalue weighted by Gasteiger charge is -2.38. The Labute approximate surface area is 120 Å². The van der Waals surface area contributed by atoms with E-state index in [1.807, 2.05) is 6.92 Å². The molecule has 2 fully saturated rings. The minimum Gasteiger partial charge on any atom is -0.481 e. The highest BCUT2D eigenvalue weighted by Crippen LogP contribution is 2.40. The van der Waals surface area contributed by atoms with Gasteiger partial charge >= 0.3 is 18.2 Å². The van der Waals surface area contributed by atoms with Crippen LogP contribution in [0.15, 0.2) is 0 Å². The number of carbonyl (C=O) groups excluding carboxylic acids is 1. The van der Waals surface area contributed by atoms with Crippen molar-refractivity contribution in [3.8, 4) is 0 Å². The third-order valence-electron chi connectivity index (χ3n) is 4.57. The van der Waals surface area contributed by atoms with Crippen molar-refractivity contribution in [2.24, 2.45) is 17.3 Å². The van der Waals surface area contributed by atoms with E-state index in [1.54, 1.807) is 0 Å². The third-order valence-corrected chi connectivity index (χ3v) is 4.57. The molecule has 120 valence electrons. The molecule has 0 aromatic heterocycles. The number of halogens is 3. The zero-order chi connectivity index (χ0) is 15.8. The van der Waals surface area contributed by atoms with Gasteiger partial charge in [0.05, 0.1) is 11.8 Å². The smallest absolute Gasteiger partial charge is 0.394 e. The zero-order valence-electron chi connectivity index (χ0n) is 11.7. The van der Waals surface area contributed by atoms with Crippen LogP contribution in [-0.4, -0.2) is 47.8 Å². The third kappa shape index (κ3) is 3.41. The molecule has 0 bridgehead atoms. The normalized spacial score (nSPS) is 28.1. The molecule has 1 aliphatic carbocycles. The van der Waals surface area contributed by atoms with Crippen LogP contribution in [0, 0.1) is 17.3 Å². The molecule has 2 amide bonds. The predicted molar refractivity (Wildman–Crippen MR) is 67.6 cm³/mol. The van der Waals surface area contributed by atoms with E-state index in [2.05, 4.69) is 5.32 Å². The van der Waals surface area contributed by atoms with Crippen molar-refractivity contribution in [1.29, 1.82) is 0 Å². The van der Waals surface area contributed by atoms with Crippen LogP contribution in [0.4, 0.5) is 18.0 Å². The summed E-state index contributed by atoms with van der Waals surface area (Å²) in [4.78, 5) is 23.8. The molecule has 21 heavy (non-hydrogen) atoms. The molecule has 1 saturated heterocycles. The maximum Gasteiger partial charge on any atom is 0.394 e. The van der Waals surface area contributed by atoms with E-state index in [9.17, 15) is 22.8 Å². The number of urea groups is 1. The average molecular weight is 308 g/mol. The van der Waals surface area contributed by atoms with Crippen molar-refractivity contribution >= 4 is 12.0 Å². The number of rotatable bonds is 3. The van der Waals surface area contributed by atoms with E-state index in [0.29, 0.717) is 6.54 Å². The Bertz CT molecular complexity index is 435. The second kappa shape index (κ2) is 5.38. The van der Waals surface area contributed by atoms with Crippen molar-refractivity contribution in [3.05, 3.63) is 0 Å². The Morgan fingerprint density at radius 2 is 1.95 bits per heavy atom. The Kier molecular flexibility index (Phi) is 4.08. The quantitative estimate of drug-likeness (QED) is 0.838. The fraction of sp³-hybridized carbons (Fsp3) is 0.846. The largest absolute Gasteiger partial charge is 0.481 e. The highest BCUT2D eigenvalue weighted by Gasteiger charge is 2.53. The fourth-order valence-corrected chi connectivity index (χ4v) is 2.91. The molecular weight excluding hydrogens is 289 g/mol. The van der Waals surface area contributed by atoms with Crippen molar-refractivity contribution < 1.29 is 27.9 Å². The number of carbonyl (C=O) groups is 2. The second-order valence-electron chi connectivity index (χ2n) is 6.32. The molecule has 8 heteroatoms. The van der Waals surface area contributed by atoms with E-state index in [4.69, 9.17) is 5.11 Å². The molecule has 0 unspecified atom stereocenters. The van der Waals surface area contributed by atoms with Crippen LogP contribution in [0.5, 0.6) is 0 Å². The number of alkyl halides is 3. The maximum atomic E-state index is 12.8. The summed E-state index contributed by atoms with van der Waals surface area (Å²) in [6.45, 7) is 1.43. The fourth-order valence-electron chi connectivity index (χ4n) is 2.91. The summed E-state index contributed by atoms with van der Waals surface area (Å²) >= 11 is 0. The van der Waals surface area contributed by atoms with Crippen LogP contribution in [-0.2, 0) is 4.79 Å². The molecule has 2 aliphatic rings. The molecule has 1 heterocycles. The van der Waals surface area contributed by atoms with Gasteiger partial charge in [-0.3, -0.25) is 4.79 Å². The summed E-state index contributed by atoms with van der Waals surface area (Å²) < 4.78 is 38.5. The number of nitrogens with one attached hydrogen (secondary N) is 1. The predicted octanol–water partition coefficient (Wildman–Crippen LogP) is 2.08. The molecule has 0 aromatic rings. The first kappa shape index (κ1) is 15.9. The van der Waals surface area contributed by atoms with Gasteiger partial charge in [0.2, 0.25) is 0 Å². The number of carboxylic acids is 1. The monoisotopic (exact) mass is 308 g/mol. The number of aliphatic carboxylic acids is 1. The zero-order valence-corrected chi connectivity index (χ0v) is 11.7. The second-order valence-corrected chi connectivity index (χ2v) is 6.32. The molecule has 0 radical (unpaired) electrons. The molecule has 5 nitrogen and oxygen atoms in total. The Hall–Kier alpha value is -1.47. The molecule has 2 N–H and O–H groups in total. The van der Waals surface area contributed by atoms with Gasteiger partial charge in [-0.15, -0.1) is 0 Å². The number of nitrogens with zero attached hydrogens (tertiary/aromatic N) is 1. The summed E-state index contributed by atoms with van der Waals surface area (Å²) in [5.74, 6) is -5.10. The van der Waals surface area contributed by atoms with E-state index in [0.717, 1.165) is 24.2 Å². The van der Waals surface area contributed by atoms with Gasteiger partial charge in [-0.25, -0.2) is 4.79 Å². The lowest BCUT2D eigenvalue weighted by molar-refractivity contribution is -0.187. The Morgan fingerprint density at radius 3 is 2.33 bits per heavy atom. The molecule has 2 rings (SSSR count). The Balaban J connectivity index is 1.94. The molecular formula is C13H19F3N2O3. The summed E-state index contributed by atoms with van der Waals surface area (Å²) in [6, 6.07) is -0.610. The lowest BCUT2D eigenvalue weighted by Crippen LogP contribution is -2.45.